The summed E-state index contributed by atoms with van der Waals surface area (Å²) in [4.78, 5) is 13.1. The van der Waals surface area contributed by atoms with Gasteiger partial charge in [0.1, 0.15) is 0 Å². The maximum Gasteiger partial charge on any atom is 0.203 e. The Balaban J connectivity index is 2.46. The maximum atomic E-state index is 13.1. The lowest BCUT2D eigenvalue weighted by Crippen LogP contribution is -2.32. The first-order valence-electron chi connectivity index (χ1n) is 10.9. The van der Waals surface area contributed by atoms with Crippen LogP contribution in [0.4, 0.5) is 0 Å². The molecule has 162 valence electrons. The highest BCUT2D eigenvalue weighted by atomic mass is 16.3. The molecule has 0 unspecified atom stereocenters. The van der Waals surface area contributed by atoms with E-state index in [2.05, 4.69) is 26.0 Å². The van der Waals surface area contributed by atoms with Crippen molar-refractivity contribution in [1.82, 2.24) is 0 Å². The van der Waals surface area contributed by atoms with Crippen molar-refractivity contribution in [2.75, 3.05) is 6.61 Å². The zero-order valence-electron chi connectivity index (χ0n) is 18.7. The van der Waals surface area contributed by atoms with Crippen molar-refractivity contribution in [3.8, 4) is 0 Å². The molecule has 0 amide bonds. The molecule has 0 aromatic carbocycles. The van der Waals surface area contributed by atoms with Gasteiger partial charge in [-0.3, -0.25) is 4.79 Å². The predicted octanol–water partition coefficient (Wildman–Crippen LogP) is 5.19. The van der Waals surface area contributed by atoms with Crippen LogP contribution in [-0.2, 0) is 4.79 Å². The number of rotatable bonds is 2. The Hall–Kier alpha value is -1.65. The number of hydrogen-bond donors (Lipinski definition) is 3. The molecule has 3 N–H and O–H groups in total. The number of hydrogen-bond acceptors (Lipinski definition) is 4. The van der Waals surface area contributed by atoms with Gasteiger partial charge in [0.25, 0.3) is 0 Å². The first-order chi connectivity index (χ1) is 13.6. The second-order valence-electron chi connectivity index (χ2n) is 9.27. The van der Waals surface area contributed by atoms with Gasteiger partial charge in [-0.2, -0.15) is 0 Å². The number of aliphatic hydroxyl groups is 3. The fourth-order valence-electron chi connectivity index (χ4n) is 4.53. The Morgan fingerprint density at radius 1 is 1.14 bits per heavy atom. The molecule has 4 heteroatoms. The Labute approximate surface area is 175 Å². The van der Waals surface area contributed by atoms with Crippen molar-refractivity contribution < 1.29 is 20.1 Å². The largest absolute Gasteiger partial charge is 0.504 e. The summed E-state index contributed by atoms with van der Waals surface area (Å²) in [7, 11) is 0. The topological polar surface area (TPSA) is 77.8 Å². The molecule has 0 aliphatic heterocycles. The van der Waals surface area contributed by atoms with Crippen molar-refractivity contribution in [2.45, 2.75) is 79.2 Å². The number of ketones is 1. The molecular weight excluding hydrogens is 364 g/mol. The Bertz CT molecular complexity index is 740. The van der Waals surface area contributed by atoms with Crippen molar-refractivity contribution in [1.29, 1.82) is 0 Å². The summed E-state index contributed by atoms with van der Waals surface area (Å²) in [5.74, 6) is -0.860. The smallest absolute Gasteiger partial charge is 0.203 e. The lowest BCUT2D eigenvalue weighted by Gasteiger charge is -2.32. The van der Waals surface area contributed by atoms with E-state index >= 15 is 0 Å². The molecule has 4 atom stereocenters. The Morgan fingerprint density at radius 2 is 1.79 bits per heavy atom. The summed E-state index contributed by atoms with van der Waals surface area (Å²) in [6, 6.07) is 0. The predicted molar refractivity (Wildman–Crippen MR) is 117 cm³/mol. The number of Topliss-reactive ketones (excluding diaryl/α,β-unsaturated/α-hetero) is 1. The van der Waals surface area contributed by atoms with Gasteiger partial charge < -0.3 is 15.3 Å². The molecule has 4 nitrogen and oxygen atoms in total. The number of fused-ring (bicyclic) bond motifs is 1. The summed E-state index contributed by atoms with van der Waals surface area (Å²) in [6.07, 6.45) is 10.4. The first kappa shape index (κ1) is 23.6. The molecule has 0 aromatic heterocycles. The molecule has 2 aliphatic carbocycles. The van der Waals surface area contributed by atoms with Gasteiger partial charge in [0, 0.05) is 23.9 Å². The molecule has 29 heavy (non-hydrogen) atoms. The van der Waals surface area contributed by atoms with Gasteiger partial charge in [-0.25, -0.2) is 0 Å². The van der Waals surface area contributed by atoms with E-state index in [1.165, 1.54) is 11.1 Å². The van der Waals surface area contributed by atoms with E-state index in [4.69, 9.17) is 0 Å². The highest BCUT2D eigenvalue weighted by Gasteiger charge is 2.51. The monoisotopic (exact) mass is 402 g/mol. The van der Waals surface area contributed by atoms with Crippen LogP contribution in [0.25, 0.3) is 0 Å². The molecule has 0 heterocycles. The summed E-state index contributed by atoms with van der Waals surface area (Å²) < 4.78 is 0. The standard InChI is InChI=1S/C25H38O4/c1-16-7-6-8-17(2)13-14-25(5)20(11-10-18(3)21(27)12-9-16)22(19(4)15-26)23(28)24(25)29/h7,10,13,19-21,26-28H,6,8-9,11-12,14-15H2,1-5H3/b16-7+,17-13?,18-10+/t19-,20-,21+,25+/m1/s1. The van der Waals surface area contributed by atoms with E-state index < -0.39 is 11.5 Å². The molecule has 0 spiro atoms. The van der Waals surface area contributed by atoms with Crippen molar-refractivity contribution in [3.05, 3.63) is 46.3 Å². The first-order valence-corrected chi connectivity index (χ1v) is 10.9. The summed E-state index contributed by atoms with van der Waals surface area (Å²) in [6.45, 7) is 9.81. The minimum absolute atomic E-state index is 0.107. The SMILES string of the molecule is CC1=CC[C@]2(C)C(=O)C(O)=C([C@H](C)CO)[C@H]2C/C=C(\C)[C@@H](O)CC/C(C)=C/CC1. The molecule has 2 aliphatic rings. The summed E-state index contributed by atoms with van der Waals surface area (Å²) >= 11 is 0. The van der Waals surface area contributed by atoms with Crippen LogP contribution in [0.2, 0.25) is 0 Å². The summed E-state index contributed by atoms with van der Waals surface area (Å²) in [5, 5.41) is 30.9. The highest BCUT2D eigenvalue weighted by molar-refractivity contribution is 6.02. The van der Waals surface area contributed by atoms with Gasteiger partial charge in [-0.1, -0.05) is 43.2 Å². The minimum Gasteiger partial charge on any atom is -0.504 e. The second-order valence-corrected chi connectivity index (χ2v) is 9.27. The molecule has 0 fully saturated rings. The molecule has 0 saturated heterocycles. The van der Waals surface area contributed by atoms with Crippen LogP contribution in [0.15, 0.2) is 46.3 Å². The van der Waals surface area contributed by atoms with Crippen LogP contribution in [0.1, 0.15) is 73.1 Å². The third-order valence-corrected chi connectivity index (χ3v) is 6.88. The molecule has 0 saturated carbocycles. The average Bonchev–Trinajstić information content (AvgIpc) is 2.88. The van der Waals surface area contributed by atoms with Gasteiger partial charge in [0.05, 0.1) is 6.10 Å². The van der Waals surface area contributed by atoms with E-state index in [0.717, 1.165) is 24.8 Å². The van der Waals surface area contributed by atoms with Gasteiger partial charge in [0.15, 0.2) is 5.76 Å². The van der Waals surface area contributed by atoms with Gasteiger partial charge >= 0.3 is 0 Å². The zero-order chi connectivity index (χ0) is 21.8. The van der Waals surface area contributed by atoms with Crippen LogP contribution < -0.4 is 0 Å². The van der Waals surface area contributed by atoms with Crippen LogP contribution >= 0.6 is 0 Å². The second kappa shape index (κ2) is 9.90. The molecule has 0 aromatic rings. The van der Waals surface area contributed by atoms with Gasteiger partial charge in [-0.15, -0.1) is 0 Å². The Morgan fingerprint density at radius 3 is 2.45 bits per heavy atom. The van der Waals surface area contributed by atoms with E-state index in [-0.39, 0.29) is 30.0 Å². The number of carbonyl (C=O) groups is 1. The van der Waals surface area contributed by atoms with Crippen molar-refractivity contribution >= 4 is 5.78 Å². The third kappa shape index (κ3) is 5.29. The molecule has 0 radical (unpaired) electrons. The quantitative estimate of drug-likeness (QED) is 0.556. The van der Waals surface area contributed by atoms with E-state index in [1.807, 2.05) is 26.8 Å². The lowest BCUT2D eigenvalue weighted by atomic mass is 9.70. The lowest BCUT2D eigenvalue weighted by molar-refractivity contribution is -0.126. The number of aliphatic hydroxyl groups excluding tert-OH is 3. The average molecular weight is 403 g/mol. The molecule has 2 rings (SSSR count). The van der Waals surface area contributed by atoms with Crippen LogP contribution in [-0.4, -0.2) is 33.8 Å². The maximum absolute atomic E-state index is 13.1. The van der Waals surface area contributed by atoms with Crippen molar-refractivity contribution in [3.63, 3.8) is 0 Å². The van der Waals surface area contributed by atoms with Crippen LogP contribution in [0, 0.1) is 17.3 Å². The van der Waals surface area contributed by atoms with Gasteiger partial charge in [0.2, 0.25) is 5.78 Å². The van der Waals surface area contributed by atoms with E-state index in [9.17, 15) is 20.1 Å². The summed E-state index contributed by atoms with van der Waals surface area (Å²) in [5.41, 5.74) is 3.36. The highest BCUT2D eigenvalue weighted by Crippen LogP contribution is 2.50. The van der Waals surface area contributed by atoms with Crippen molar-refractivity contribution in [2.24, 2.45) is 17.3 Å². The fourth-order valence-corrected chi connectivity index (χ4v) is 4.53. The number of allylic oxidation sites excluding steroid dienone is 6. The zero-order valence-corrected chi connectivity index (χ0v) is 18.7. The van der Waals surface area contributed by atoms with E-state index in [0.29, 0.717) is 24.8 Å². The molecular formula is C25H38O4. The van der Waals surface area contributed by atoms with E-state index in [1.54, 1.807) is 0 Å². The third-order valence-electron chi connectivity index (χ3n) is 6.88. The minimum atomic E-state index is -0.738. The van der Waals surface area contributed by atoms with Crippen LogP contribution in [0.3, 0.4) is 0 Å². The fraction of sp³-hybridized carbons (Fsp3) is 0.640. The normalized spacial score (nSPS) is 34.9. The molecule has 0 bridgehead atoms. The number of carbonyl (C=O) groups excluding carboxylic acids is 1. The van der Waals surface area contributed by atoms with Gasteiger partial charge in [-0.05, 0) is 70.4 Å². The van der Waals surface area contributed by atoms with Crippen LogP contribution in [0.5, 0.6) is 0 Å². The Kier molecular flexibility index (Phi) is 8.07.